The maximum Gasteiger partial charge on any atom is 0.313 e. The lowest BCUT2D eigenvalue weighted by molar-refractivity contribution is -0.169. The molecule has 0 saturated heterocycles. The van der Waals surface area contributed by atoms with Crippen LogP contribution < -0.4 is 0 Å². The smallest absolute Gasteiger partial charge is 0.313 e. The maximum atomic E-state index is 12.8. The van der Waals surface area contributed by atoms with Gasteiger partial charge in [-0.3, -0.25) is 14.4 Å². The molecule has 170 valence electrons. The van der Waals surface area contributed by atoms with Crippen LogP contribution in [0.2, 0.25) is 0 Å². The van der Waals surface area contributed by atoms with Gasteiger partial charge in [0.2, 0.25) is 0 Å². The van der Waals surface area contributed by atoms with E-state index in [0.29, 0.717) is 12.8 Å². The highest BCUT2D eigenvalue weighted by Crippen LogP contribution is 2.47. The minimum atomic E-state index is -0.883. The average molecular weight is 423 g/mol. The third-order valence-electron chi connectivity index (χ3n) is 5.96. The summed E-state index contributed by atoms with van der Waals surface area (Å²) in [5.74, 6) is -2.22. The monoisotopic (exact) mass is 422 g/mol. The van der Waals surface area contributed by atoms with Gasteiger partial charge < -0.3 is 14.6 Å². The zero-order valence-corrected chi connectivity index (χ0v) is 18.7. The Morgan fingerprint density at radius 1 is 1.07 bits per heavy atom. The lowest BCUT2D eigenvalue weighted by Crippen LogP contribution is -2.48. The molecule has 3 unspecified atom stereocenters. The molecule has 1 N–H and O–H groups in total. The number of carbonyl (C=O) groups is 3. The molecular weight excluding hydrogens is 384 g/mol. The zero-order chi connectivity index (χ0) is 22.4. The van der Waals surface area contributed by atoms with Gasteiger partial charge in [-0.05, 0) is 32.1 Å². The van der Waals surface area contributed by atoms with Gasteiger partial charge in [0.1, 0.15) is 0 Å². The topological polar surface area (TPSA) is 89.9 Å². The third kappa shape index (κ3) is 7.62. The number of hydrogen-bond acceptors (Lipinski definition) is 5. The first-order valence-corrected chi connectivity index (χ1v) is 11.1. The largest absolute Gasteiger partial charge is 0.481 e. The molecular formula is C24H38O6. The Bertz CT molecular complexity index is 609. The number of aliphatic carboxylic acids is 1. The van der Waals surface area contributed by atoms with Gasteiger partial charge in [-0.1, -0.05) is 63.3 Å². The van der Waals surface area contributed by atoms with Crippen molar-refractivity contribution in [2.24, 2.45) is 17.3 Å². The Morgan fingerprint density at radius 3 is 2.40 bits per heavy atom. The van der Waals surface area contributed by atoms with Crippen LogP contribution in [0.1, 0.15) is 77.6 Å². The summed E-state index contributed by atoms with van der Waals surface area (Å²) in [6, 6.07) is 0. The summed E-state index contributed by atoms with van der Waals surface area (Å²) in [5.41, 5.74) is -0.883. The maximum absolute atomic E-state index is 12.8. The van der Waals surface area contributed by atoms with Crippen LogP contribution in [0, 0.1) is 17.3 Å². The fourth-order valence-electron chi connectivity index (χ4n) is 4.31. The van der Waals surface area contributed by atoms with E-state index in [1.807, 2.05) is 18.2 Å². The molecule has 1 rings (SSSR count). The van der Waals surface area contributed by atoms with E-state index in [2.05, 4.69) is 13.0 Å². The predicted octanol–water partition coefficient (Wildman–Crippen LogP) is 5.07. The Hall–Kier alpha value is -2.11. The van der Waals surface area contributed by atoms with Gasteiger partial charge in [0.25, 0.3) is 0 Å². The molecule has 6 nitrogen and oxygen atoms in total. The molecule has 0 aromatic heterocycles. The number of rotatable bonds is 14. The molecule has 1 aliphatic rings. The number of carbonyl (C=O) groups excluding carboxylic acids is 2. The average Bonchev–Trinajstić information content (AvgIpc) is 2.75. The van der Waals surface area contributed by atoms with E-state index >= 15 is 0 Å². The molecule has 0 aromatic carbocycles. The standard InChI is InChI=1S/C24H38O6/c1-4-5-17-24(23(28)30-3)18-13-15-19(21(24)22(27)29-2)14-11-9-7-6-8-10-12-16-20(25)26/h11,13-15,19,21H,4-10,12,16-18H2,1-3H3,(H,25,26). The van der Waals surface area contributed by atoms with Crippen LogP contribution in [-0.4, -0.2) is 37.2 Å². The van der Waals surface area contributed by atoms with E-state index in [-0.39, 0.29) is 24.3 Å². The molecule has 6 heteroatoms. The number of allylic oxidation sites excluding steroid dienone is 4. The summed E-state index contributed by atoms with van der Waals surface area (Å²) in [7, 11) is 2.75. The summed E-state index contributed by atoms with van der Waals surface area (Å²) in [6.45, 7) is 2.07. The Morgan fingerprint density at radius 2 is 1.77 bits per heavy atom. The summed E-state index contributed by atoms with van der Waals surface area (Å²) in [6.07, 6.45) is 16.8. The lowest BCUT2D eigenvalue weighted by atomic mass is 9.62. The molecule has 0 heterocycles. The van der Waals surface area contributed by atoms with Crippen LogP contribution in [0.15, 0.2) is 24.3 Å². The first-order valence-electron chi connectivity index (χ1n) is 11.1. The second-order valence-corrected chi connectivity index (χ2v) is 8.09. The van der Waals surface area contributed by atoms with E-state index in [0.717, 1.165) is 51.4 Å². The van der Waals surface area contributed by atoms with Crippen molar-refractivity contribution < 1.29 is 29.0 Å². The Balaban J connectivity index is 2.74. The molecule has 0 spiro atoms. The molecule has 3 atom stereocenters. The van der Waals surface area contributed by atoms with Gasteiger partial charge in [0.05, 0.1) is 25.6 Å². The summed E-state index contributed by atoms with van der Waals surface area (Å²) in [4.78, 5) is 36.0. The van der Waals surface area contributed by atoms with Gasteiger partial charge in [-0.2, -0.15) is 0 Å². The summed E-state index contributed by atoms with van der Waals surface area (Å²) < 4.78 is 10.2. The van der Waals surface area contributed by atoms with E-state index in [1.54, 1.807) is 0 Å². The van der Waals surface area contributed by atoms with Crippen LogP contribution in [-0.2, 0) is 23.9 Å². The van der Waals surface area contributed by atoms with Crippen LogP contribution in [0.3, 0.4) is 0 Å². The van der Waals surface area contributed by atoms with Crippen molar-refractivity contribution in [1.29, 1.82) is 0 Å². The number of methoxy groups -OCH3 is 2. The van der Waals surface area contributed by atoms with E-state index in [1.165, 1.54) is 14.2 Å². The van der Waals surface area contributed by atoms with E-state index in [4.69, 9.17) is 14.6 Å². The minimum absolute atomic E-state index is 0.197. The molecule has 0 amide bonds. The first-order chi connectivity index (χ1) is 14.4. The van der Waals surface area contributed by atoms with E-state index < -0.39 is 17.3 Å². The number of ether oxygens (including phenoxy) is 2. The normalized spacial score (nSPS) is 23.4. The highest BCUT2D eigenvalue weighted by Gasteiger charge is 2.53. The lowest BCUT2D eigenvalue weighted by Gasteiger charge is -2.41. The molecule has 0 aliphatic heterocycles. The van der Waals surface area contributed by atoms with Crippen molar-refractivity contribution >= 4 is 17.9 Å². The number of hydrogen-bond donors (Lipinski definition) is 1. The third-order valence-corrected chi connectivity index (χ3v) is 5.96. The molecule has 0 fully saturated rings. The zero-order valence-electron chi connectivity index (χ0n) is 18.7. The van der Waals surface area contributed by atoms with Crippen molar-refractivity contribution in [2.75, 3.05) is 14.2 Å². The van der Waals surface area contributed by atoms with E-state index in [9.17, 15) is 14.4 Å². The summed E-state index contributed by atoms with van der Waals surface area (Å²) in [5, 5.41) is 8.65. The highest BCUT2D eigenvalue weighted by atomic mass is 16.5. The predicted molar refractivity (Wildman–Crippen MR) is 116 cm³/mol. The van der Waals surface area contributed by atoms with Crippen LogP contribution in [0.25, 0.3) is 0 Å². The van der Waals surface area contributed by atoms with Gasteiger partial charge in [-0.15, -0.1) is 0 Å². The van der Waals surface area contributed by atoms with Crippen LogP contribution in [0.5, 0.6) is 0 Å². The van der Waals surface area contributed by atoms with Crippen molar-refractivity contribution in [3.8, 4) is 0 Å². The van der Waals surface area contributed by atoms with Crippen molar-refractivity contribution in [2.45, 2.75) is 77.6 Å². The van der Waals surface area contributed by atoms with Gasteiger partial charge in [0.15, 0.2) is 0 Å². The van der Waals surface area contributed by atoms with Crippen molar-refractivity contribution in [3.63, 3.8) is 0 Å². The highest BCUT2D eigenvalue weighted by molar-refractivity contribution is 5.86. The number of unbranched alkanes of at least 4 members (excludes halogenated alkanes) is 6. The number of carboxylic acid groups (broad SMARTS) is 1. The van der Waals surface area contributed by atoms with Crippen LogP contribution >= 0.6 is 0 Å². The van der Waals surface area contributed by atoms with Crippen LogP contribution in [0.4, 0.5) is 0 Å². The minimum Gasteiger partial charge on any atom is -0.481 e. The van der Waals surface area contributed by atoms with Crippen molar-refractivity contribution in [3.05, 3.63) is 24.3 Å². The fraction of sp³-hybridized carbons (Fsp3) is 0.708. The molecule has 1 aliphatic carbocycles. The second kappa shape index (κ2) is 14.0. The SMILES string of the molecule is CCCCC1(C(=O)OC)CC=CC(C=CCCCCCCCC(=O)O)C1C(=O)OC. The van der Waals surface area contributed by atoms with Crippen molar-refractivity contribution in [1.82, 2.24) is 0 Å². The number of esters is 2. The molecule has 0 saturated carbocycles. The molecule has 0 bridgehead atoms. The second-order valence-electron chi connectivity index (χ2n) is 8.09. The van der Waals surface area contributed by atoms with Gasteiger partial charge >= 0.3 is 17.9 Å². The fourth-order valence-corrected chi connectivity index (χ4v) is 4.31. The molecule has 0 aromatic rings. The van der Waals surface area contributed by atoms with Gasteiger partial charge in [0, 0.05) is 12.3 Å². The molecule has 30 heavy (non-hydrogen) atoms. The number of carboxylic acids is 1. The molecule has 0 radical (unpaired) electrons. The Kier molecular flexibility index (Phi) is 12.1. The van der Waals surface area contributed by atoms with Gasteiger partial charge in [-0.25, -0.2) is 0 Å². The first kappa shape index (κ1) is 25.9. The quantitative estimate of drug-likeness (QED) is 0.239. The summed E-state index contributed by atoms with van der Waals surface area (Å²) >= 11 is 0. The Labute approximate surface area is 180 Å².